The van der Waals surface area contributed by atoms with E-state index >= 15 is 0 Å². The zero-order valence-corrected chi connectivity index (χ0v) is 27.9. The Morgan fingerprint density at radius 1 is 0.600 bits per heavy atom. The fourth-order valence-corrected chi connectivity index (χ4v) is 6.44. The third-order valence-electron chi connectivity index (χ3n) is 8.99. The van der Waals surface area contributed by atoms with Gasteiger partial charge in [0.2, 0.25) is 0 Å². The first-order valence-electron chi connectivity index (χ1n) is 15.4. The Kier molecular flexibility index (Phi) is 8.90. The second kappa shape index (κ2) is 13.0. The molecule has 0 fully saturated rings. The zero-order chi connectivity index (χ0) is 30.0. The minimum absolute atomic E-state index is 0. The van der Waals surface area contributed by atoms with Crippen molar-refractivity contribution >= 4 is 0 Å². The molecule has 8 bridgehead atoms. The minimum atomic E-state index is -0.660. The molecule has 222 valence electrons. The van der Waals surface area contributed by atoms with E-state index in [1.54, 1.807) is 0 Å². The Morgan fingerprint density at radius 2 is 1.20 bits per heavy atom. The molecule has 3 nitrogen and oxygen atoms in total. The molecular formula is C41H34IrN3. The van der Waals surface area contributed by atoms with Crippen molar-refractivity contribution in [1.29, 1.82) is 0 Å². The van der Waals surface area contributed by atoms with Crippen molar-refractivity contribution in [1.82, 2.24) is 15.0 Å². The van der Waals surface area contributed by atoms with Gasteiger partial charge in [-0.1, -0.05) is 63.4 Å². The number of benzene rings is 3. The molecule has 4 heteroatoms. The molecule has 3 aromatic heterocycles. The molecule has 3 aromatic carbocycles. The van der Waals surface area contributed by atoms with E-state index in [0.29, 0.717) is 0 Å². The van der Waals surface area contributed by atoms with E-state index in [1.165, 1.54) is 5.56 Å². The summed E-state index contributed by atoms with van der Waals surface area (Å²) in [6.07, 6.45) is 5.65. The smallest absolute Gasteiger partial charge is 0.300 e. The number of unbranched alkanes of at least 4 members (excludes halogenated alkanes) is 1. The van der Waals surface area contributed by atoms with Gasteiger partial charge in [-0.25, -0.2) is 0 Å². The van der Waals surface area contributed by atoms with Gasteiger partial charge >= 0.3 is 20.1 Å². The molecule has 0 saturated carbocycles. The Balaban J connectivity index is 0.00000357. The maximum absolute atomic E-state index is 5.41. The van der Waals surface area contributed by atoms with E-state index < -0.39 is 5.41 Å². The third-order valence-corrected chi connectivity index (χ3v) is 8.99. The molecule has 6 aromatic rings. The van der Waals surface area contributed by atoms with Gasteiger partial charge in [-0.3, -0.25) is 15.0 Å². The van der Waals surface area contributed by atoms with Gasteiger partial charge in [0.15, 0.2) is 0 Å². The van der Waals surface area contributed by atoms with Crippen molar-refractivity contribution in [3.63, 3.8) is 0 Å². The number of nitrogens with zero attached hydrogens (tertiary/aromatic N) is 3. The first kappa shape index (κ1) is 30.8. The fraction of sp³-hybridized carbons (Fsp3) is 0.195. The number of rotatable bonds is 6. The second-order valence-electron chi connectivity index (χ2n) is 12.1. The molecule has 4 heterocycles. The van der Waals surface area contributed by atoms with Crippen molar-refractivity contribution in [3.05, 3.63) is 173 Å². The maximum atomic E-state index is 5.41. The Labute approximate surface area is 280 Å². The monoisotopic (exact) mass is 761 g/mol. The van der Waals surface area contributed by atoms with E-state index in [9.17, 15) is 0 Å². The van der Waals surface area contributed by atoms with Crippen molar-refractivity contribution < 1.29 is 20.1 Å². The maximum Gasteiger partial charge on any atom is 3.00 e. The van der Waals surface area contributed by atoms with Crippen LogP contribution in [0, 0.1) is 18.2 Å². The molecular weight excluding hydrogens is 727 g/mol. The van der Waals surface area contributed by atoms with Crippen LogP contribution in [0.3, 0.4) is 0 Å². The zero-order valence-electron chi connectivity index (χ0n) is 25.6. The van der Waals surface area contributed by atoms with Crippen LogP contribution in [-0.4, -0.2) is 15.0 Å². The second-order valence-corrected chi connectivity index (χ2v) is 12.1. The SMILES string of the molecule is CC1(C)c2[c-]c(ccc2)-c2cccc(n2)C(CCCCc2[c-]cccc2)(c2ccccn2)c2cccc(n2)-c2[c-]c1ccc2.[Ir+3]. The summed E-state index contributed by atoms with van der Waals surface area (Å²) in [5.41, 5.74) is 9.04. The average Bonchev–Trinajstić information content (AvgIpc) is 3.09. The number of hydrogen-bond donors (Lipinski definition) is 0. The van der Waals surface area contributed by atoms with E-state index in [2.05, 4.69) is 129 Å². The summed E-state index contributed by atoms with van der Waals surface area (Å²) in [6, 6.07) is 50.7. The van der Waals surface area contributed by atoms with Crippen LogP contribution in [0.4, 0.5) is 0 Å². The van der Waals surface area contributed by atoms with Gasteiger partial charge in [0.05, 0.1) is 11.1 Å². The van der Waals surface area contributed by atoms with Crippen LogP contribution < -0.4 is 0 Å². The van der Waals surface area contributed by atoms with Crippen LogP contribution in [0.1, 0.15) is 66.9 Å². The molecule has 0 atom stereocenters. The minimum Gasteiger partial charge on any atom is -0.300 e. The summed E-state index contributed by atoms with van der Waals surface area (Å²) < 4.78 is 0. The van der Waals surface area contributed by atoms with E-state index in [1.807, 2.05) is 24.4 Å². The van der Waals surface area contributed by atoms with Gasteiger partial charge in [-0.05, 0) is 47.5 Å². The van der Waals surface area contributed by atoms with Crippen LogP contribution in [0.2, 0.25) is 0 Å². The van der Waals surface area contributed by atoms with Gasteiger partial charge in [0.25, 0.3) is 0 Å². The predicted molar refractivity (Wildman–Crippen MR) is 176 cm³/mol. The summed E-state index contributed by atoms with van der Waals surface area (Å²) in [5, 5.41) is 0. The molecule has 1 aliphatic heterocycles. The van der Waals surface area contributed by atoms with Crippen LogP contribution in [0.15, 0.2) is 121 Å². The van der Waals surface area contributed by atoms with Gasteiger partial charge in [-0.15, -0.1) is 70.8 Å². The largest absolute Gasteiger partial charge is 3.00 e. The molecule has 0 saturated heterocycles. The van der Waals surface area contributed by atoms with Crippen LogP contribution >= 0.6 is 0 Å². The normalized spacial score (nSPS) is 14.1. The van der Waals surface area contributed by atoms with E-state index in [0.717, 1.165) is 76.4 Å². The van der Waals surface area contributed by atoms with E-state index in [4.69, 9.17) is 15.0 Å². The Bertz CT molecular complexity index is 1810. The van der Waals surface area contributed by atoms with Crippen LogP contribution in [-0.2, 0) is 37.4 Å². The average molecular weight is 761 g/mol. The van der Waals surface area contributed by atoms with Crippen molar-refractivity contribution in [3.8, 4) is 22.5 Å². The molecule has 0 aliphatic carbocycles. The third kappa shape index (κ3) is 5.93. The molecule has 0 spiro atoms. The Morgan fingerprint density at radius 3 is 1.78 bits per heavy atom. The quantitative estimate of drug-likeness (QED) is 0.126. The van der Waals surface area contributed by atoms with E-state index in [-0.39, 0.29) is 25.5 Å². The fourth-order valence-electron chi connectivity index (χ4n) is 6.44. The number of fused-ring (bicyclic) bond motifs is 10. The number of aryl methyl sites for hydroxylation is 1. The summed E-state index contributed by atoms with van der Waals surface area (Å²) >= 11 is 0. The van der Waals surface area contributed by atoms with Gasteiger partial charge < -0.3 is 0 Å². The van der Waals surface area contributed by atoms with Crippen molar-refractivity contribution in [2.75, 3.05) is 0 Å². The molecule has 0 unspecified atom stereocenters. The molecule has 7 rings (SSSR count). The molecule has 0 radical (unpaired) electrons. The first-order chi connectivity index (χ1) is 21.5. The Hall–Kier alpha value is -4.24. The molecule has 1 aliphatic rings. The summed E-state index contributed by atoms with van der Waals surface area (Å²) in [7, 11) is 0. The van der Waals surface area contributed by atoms with Crippen molar-refractivity contribution in [2.45, 2.75) is 50.4 Å². The van der Waals surface area contributed by atoms with Crippen molar-refractivity contribution in [2.24, 2.45) is 0 Å². The standard InChI is InChI=1S/C41H34N3.Ir/c1-40(2)33-19-10-17-31(28-33)35-21-12-24-38(43-35)41(37-23-7-9-27-42-37,26-8-6-16-30-14-4-3-5-15-30)39-25-13-22-36(44-39)32-18-11-20-34(40)29-32;/h3-5,7,9-14,17-25,27H,6,8,16,26H2,1-2H3;/q-3;+3. The number of pyridine rings is 3. The van der Waals surface area contributed by atoms with Gasteiger partial charge in [0, 0.05) is 17.6 Å². The predicted octanol–water partition coefficient (Wildman–Crippen LogP) is 8.99. The summed E-state index contributed by atoms with van der Waals surface area (Å²) in [5.74, 6) is 0. The van der Waals surface area contributed by atoms with Gasteiger partial charge in [0.1, 0.15) is 0 Å². The molecule has 45 heavy (non-hydrogen) atoms. The topological polar surface area (TPSA) is 38.7 Å². The first-order valence-corrected chi connectivity index (χ1v) is 15.4. The summed E-state index contributed by atoms with van der Waals surface area (Å²) in [6.45, 7) is 4.47. The van der Waals surface area contributed by atoms with Gasteiger partial charge in [-0.2, -0.15) is 35.9 Å². The van der Waals surface area contributed by atoms with Crippen LogP contribution in [0.25, 0.3) is 22.5 Å². The molecule has 0 N–H and O–H groups in total. The van der Waals surface area contributed by atoms with Crippen LogP contribution in [0.5, 0.6) is 0 Å². The number of hydrogen-bond acceptors (Lipinski definition) is 3. The number of aromatic nitrogens is 3. The molecule has 0 amide bonds. The summed E-state index contributed by atoms with van der Waals surface area (Å²) in [4.78, 5) is 15.8.